The lowest BCUT2D eigenvalue weighted by Crippen LogP contribution is -2.17. The SMILES string of the molecule is CCOC(=O)c1c(C)oc(Nc2nc3ccc(Cl)cc3s2)c1C(N)=O. The van der Waals surface area contributed by atoms with Crippen LogP contribution in [-0.4, -0.2) is 23.5 Å². The Morgan fingerprint density at radius 3 is 2.84 bits per heavy atom. The first-order chi connectivity index (χ1) is 11.9. The molecule has 9 heteroatoms. The lowest BCUT2D eigenvalue weighted by molar-refractivity contribution is 0.0521. The molecule has 0 aliphatic carbocycles. The first kappa shape index (κ1) is 17.2. The Morgan fingerprint density at radius 1 is 1.40 bits per heavy atom. The van der Waals surface area contributed by atoms with Gasteiger partial charge in [-0.15, -0.1) is 0 Å². The van der Waals surface area contributed by atoms with E-state index in [4.69, 9.17) is 26.5 Å². The van der Waals surface area contributed by atoms with Crippen LogP contribution in [0.5, 0.6) is 0 Å². The molecule has 0 radical (unpaired) electrons. The van der Waals surface area contributed by atoms with Crippen molar-refractivity contribution in [2.75, 3.05) is 11.9 Å². The molecule has 1 aromatic carbocycles. The minimum absolute atomic E-state index is 0.0148. The average Bonchev–Trinajstić information content (AvgIpc) is 3.07. The fourth-order valence-corrected chi connectivity index (χ4v) is 3.50. The number of esters is 1. The van der Waals surface area contributed by atoms with Crippen molar-refractivity contribution < 1.29 is 18.7 Å². The van der Waals surface area contributed by atoms with E-state index in [9.17, 15) is 9.59 Å². The number of ether oxygens (including phenoxy) is 1. The largest absolute Gasteiger partial charge is 0.462 e. The zero-order valence-electron chi connectivity index (χ0n) is 13.4. The average molecular weight is 380 g/mol. The summed E-state index contributed by atoms with van der Waals surface area (Å²) >= 11 is 7.30. The van der Waals surface area contributed by atoms with Crippen molar-refractivity contribution in [1.82, 2.24) is 4.98 Å². The van der Waals surface area contributed by atoms with Crippen LogP contribution in [0.4, 0.5) is 11.0 Å². The molecule has 0 bridgehead atoms. The highest BCUT2D eigenvalue weighted by Gasteiger charge is 2.28. The summed E-state index contributed by atoms with van der Waals surface area (Å²) in [7, 11) is 0. The molecule has 0 saturated heterocycles. The number of benzene rings is 1. The van der Waals surface area contributed by atoms with E-state index in [0.717, 1.165) is 10.2 Å². The molecule has 7 nitrogen and oxygen atoms in total. The van der Waals surface area contributed by atoms with Crippen molar-refractivity contribution in [3.63, 3.8) is 0 Å². The Hall–Kier alpha value is -2.58. The molecule has 0 spiro atoms. The molecular weight excluding hydrogens is 366 g/mol. The molecule has 3 aromatic rings. The van der Waals surface area contributed by atoms with Gasteiger partial charge in [-0.3, -0.25) is 4.79 Å². The van der Waals surface area contributed by atoms with Gasteiger partial charge in [-0.05, 0) is 32.0 Å². The fourth-order valence-electron chi connectivity index (χ4n) is 2.37. The summed E-state index contributed by atoms with van der Waals surface area (Å²) in [5, 5.41) is 3.98. The van der Waals surface area contributed by atoms with Crippen molar-refractivity contribution in [1.29, 1.82) is 0 Å². The van der Waals surface area contributed by atoms with E-state index in [1.54, 1.807) is 32.0 Å². The Morgan fingerprint density at radius 2 is 2.16 bits per heavy atom. The number of aryl methyl sites for hydroxylation is 1. The standard InChI is InChI=1S/C16H14ClN3O4S/c1-3-23-15(22)11-7(2)24-14(12(11)13(18)21)20-16-19-9-5-4-8(17)6-10(9)25-16/h4-6H,3H2,1-2H3,(H2,18,21)(H,19,20). The summed E-state index contributed by atoms with van der Waals surface area (Å²) < 4.78 is 11.4. The fraction of sp³-hybridized carbons (Fsp3) is 0.188. The number of furan rings is 1. The van der Waals surface area contributed by atoms with E-state index < -0.39 is 11.9 Å². The van der Waals surface area contributed by atoms with Crippen molar-refractivity contribution in [2.24, 2.45) is 5.73 Å². The van der Waals surface area contributed by atoms with Crippen molar-refractivity contribution in [3.05, 3.63) is 40.1 Å². The second kappa shape index (κ2) is 6.73. The van der Waals surface area contributed by atoms with Crippen LogP contribution in [0, 0.1) is 6.92 Å². The number of carbonyl (C=O) groups is 2. The van der Waals surface area contributed by atoms with Crippen LogP contribution >= 0.6 is 22.9 Å². The first-order valence-corrected chi connectivity index (χ1v) is 8.53. The highest BCUT2D eigenvalue weighted by atomic mass is 35.5. The number of halogens is 1. The van der Waals surface area contributed by atoms with E-state index in [-0.39, 0.29) is 29.4 Å². The van der Waals surface area contributed by atoms with Crippen LogP contribution in [0.1, 0.15) is 33.4 Å². The smallest absolute Gasteiger partial charge is 0.342 e. The number of nitrogens with one attached hydrogen (secondary N) is 1. The zero-order valence-corrected chi connectivity index (χ0v) is 15.0. The molecule has 2 heterocycles. The summed E-state index contributed by atoms with van der Waals surface area (Å²) in [6, 6.07) is 5.30. The molecule has 0 unspecified atom stereocenters. The van der Waals surface area contributed by atoms with Gasteiger partial charge in [-0.2, -0.15) is 0 Å². The monoisotopic (exact) mass is 379 g/mol. The maximum atomic E-state index is 12.1. The van der Waals surface area contributed by atoms with Crippen molar-refractivity contribution in [2.45, 2.75) is 13.8 Å². The van der Waals surface area contributed by atoms with Gasteiger partial charge in [-0.25, -0.2) is 9.78 Å². The molecule has 25 heavy (non-hydrogen) atoms. The Balaban J connectivity index is 2.02. The highest BCUT2D eigenvalue weighted by Crippen LogP contribution is 2.34. The lowest BCUT2D eigenvalue weighted by atomic mass is 10.1. The summed E-state index contributed by atoms with van der Waals surface area (Å²) in [6.45, 7) is 3.40. The first-order valence-electron chi connectivity index (χ1n) is 7.34. The summed E-state index contributed by atoms with van der Waals surface area (Å²) in [4.78, 5) is 28.3. The van der Waals surface area contributed by atoms with Gasteiger partial charge >= 0.3 is 5.97 Å². The highest BCUT2D eigenvalue weighted by molar-refractivity contribution is 7.22. The maximum absolute atomic E-state index is 12.1. The number of nitrogens with two attached hydrogens (primary N) is 1. The van der Waals surface area contributed by atoms with E-state index >= 15 is 0 Å². The quantitative estimate of drug-likeness (QED) is 0.651. The third-order valence-electron chi connectivity index (χ3n) is 3.38. The zero-order chi connectivity index (χ0) is 18.1. The van der Waals surface area contributed by atoms with E-state index in [2.05, 4.69) is 10.3 Å². The lowest BCUT2D eigenvalue weighted by Gasteiger charge is -2.03. The number of anilines is 2. The van der Waals surface area contributed by atoms with Crippen LogP contribution in [0.15, 0.2) is 22.6 Å². The minimum atomic E-state index is -0.799. The molecule has 0 aliphatic heterocycles. The van der Waals surface area contributed by atoms with Gasteiger partial charge in [-0.1, -0.05) is 22.9 Å². The molecule has 0 aliphatic rings. The Bertz CT molecular complexity index is 979. The Labute approximate surface area is 151 Å². The van der Waals surface area contributed by atoms with Crippen LogP contribution in [0.3, 0.4) is 0 Å². The second-order valence-corrected chi connectivity index (χ2v) is 6.55. The van der Waals surface area contributed by atoms with Crippen LogP contribution in [0.25, 0.3) is 10.2 Å². The molecule has 0 fully saturated rings. The van der Waals surface area contributed by atoms with Gasteiger partial charge in [0.1, 0.15) is 16.9 Å². The number of hydrogen-bond acceptors (Lipinski definition) is 7. The summed E-state index contributed by atoms with van der Waals surface area (Å²) in [5.74, 6) is -1.18. The van der Waals surface area contributed by atoms with Gasteiger partial charge in [0.15, 0.2) is 5.13 Å². The number of amides is 1. The molecule has 2 aromatic heterocycles. The molecule has 0 saturated carbocycles. The maximum Gasteiger partial charge on any atom is 0.342 e. The van der Waals surface area contributed by atoms with Gasteiger partial charge in [0.25, 0.3) is 5.91 Å². The van der Waals surface area contributed by atoms with E-state index in [0.29, 0.717) is 10.2 Å². The number of carbonyl (C=O) groups excluding carboxylic acids is 2. The number of fused-ring (bicyclic) bond motifs is 1. The van der Waals surface area contributed by atoms with Crippen molar-refractivity contribution >= 4 is 56.0 Å². The molecule has 3 rings (SSSR count). The van der Waals surface area contributed by atoms with Crippen molar-refractivity contribution in [3.8, 4) is 0 Å². The van der Waals surface area contributed by atoms with Crippen LogP contribution < -0.4 is 11.1 Å². The summed E-state index contributed by atoms with van der Waals surface area (Å²) in [6.07, 6.45) is 0. The van der Waals surface area contributed by atoms with Gasteiger partial charge in [0, 0.05) is 5.02 Å². The number of aromatic nitrogens is 1. The topological polar surface area (TPSA) is 107 Å². The van der Waals surface area contributed by atoms with E-state index in [1.807, 2.05) is 0 Å². The Kier molecular flexibility index (Phi) is 4.65. The molecule has 130 valence electrons. The number of nitrogens with zero attached hydrogens (tertiary/aromatic N) is 1. The molecular formula is C16H14ClN3O4S. The predicted molar refractivity (Wildman–Crippen MR) is 95.8 cm³/mol. The normalized spacial score (nSPS) is 10.8. The third-order valence-corrected chi connectivity index (χ3v) is 4.55. The van der Waals surface area contributed by atoms with Gasteiger partial charge in [0.05, 0.1) is 16.8 Å². The summed E-state index contributed by atoms with van der Waals surface area (Å²) in [5.41, 5.74) is 6.13. The minimum Gasteiger partial charge on any atom is -0.462 e. The van der Waals surface area contributed by atoms with Gasteiger partial charge in [0.2, 0.25) is 5.88 Å². The number of hydrogen-bond donors (Lipinski definition) is 2. The molecule has 0 atom stereocenters. The predicted octanol–water partition coefficient (Wildman–Crippen LogP) is 3.87. The van der Waals surface area contributed by atoms with Crippen LogP contribution in [0.2, 0.25) is 5.02 Å². The molecule has 3 N–H and O–H groups in total. The van der Waals surface area contributed by atoms with Crippen LogP contribution in [-0.2, 0) is 4.74 Å². The van der Waals surface area contributed by atoms with Gasteiger partial charge < -0.3 is 20.2 Å². The number of thiazole rings is 1. The molecule has 1 amide bonds. The number of primary amides is 1. The van der Waals surface area contributed by atoms with E-state index in [1.165, 1.54) is 11.3 Å². The second-order valence-electron chi connectivity index (χ2n) is 5.08. The third kappa shape index (κ3) is 3.31. The number of rotatable bonds is 5.